The molecule has 1 aliphatic heterocycles. The summed E-state index contributed by atoms with van der Waals surface area (Å²) in [5, 5.41) is 20.6. The van der Waals surface area contributed by atoms with Crippen molar-refractivity contribution in [1.82, 2.24) is 25.8 Å². The van der Waals surface area contributed by atoms with E-state index in [1.54, 1.807) is 27.7 Å². The number of ether oxygens (including phenoxy) is 1. The third-order valence-electron chi connectivity index (χ3n) is 9.43. The summed E-state index contributed by atoms with van der Waals surface area (Å²) in [6.45, 7) is 21.9. The number of benzene rings is 1. The van der Waals surface area contributed by atoms with Gasteiger partial charge < -0.3 is 30.7 Å². The van der Waals surface area contributed by atoms with Crippen molar-refractivity contribution in [1.29, 1.82) is 0 Å². The van der Waals surface area contributed by atoms with Crippen LogP contribution < -0.4 is 16.0 Å². The Labute approximate surface area is 295 Å². The van der Waals surface area contributed by atoms with Crippen LogP contribution in [0.2, 0.25) is 0 Å². The van der Waals surface area contributed by atoms with Crippen molar-refractivity contribution < 1.29 is 29.0 Å². The molecule has 1 aromatic rings. The van der Waals surface area contributed by atoms with Crippen LogP contribution in [0.1, 0.15) is 104 Å². The molecule has 4 N–H and O–H groups in total. The Morgan fingerprint density at radius 1 is 0.939 bits per heavy atom. The van der Waals surface area contributed by atoms with Crippen LogP contribution in [0.5, 0.6) is 0 Å². The number of unbranched alkanes of at least 4 members (excludes halogenated alkanes) is 1. The summed E-state index contributed by atoms with van der Waals surface area (Å²) >= 11 is 0. The van der Waals surface area contributed by atoms with E-state index in [4.69, 9.17) is 4.74 Å². The lowest BCUT2D eigenvalue weighted by Gasteiger charge is -2.34. The smallest absolute Gasteiger partial charge is 0.407 e. The molecule has 0 radical (unpaired) electrons. The van der Waals surface area contributed by atoms with Gasteiger partial charge in [-0.1, -0.05) is 59.2 Å². The molecule has 278 valence electrons. The minimum absolute atomic E-state index is 0.0103. The Balaban J connectivity index is 2.14. The normalized spacial score (nSPS) is 16.5. The number of piperazine rings is 1. The second kappa shape index (κ2) is 20.5. The molecule has 0 aliphatic carbocycles. The molecule has 0 aromatic heterocycles. The van der Waals surface area contributed by atoms with Gasteiger partial charge in [0.15, 0.2) is 0 Å². The van der Waals surface area contributed by atoms with Gasteiger partial charge in [0, 0.05) is 64.2 Å². The Morgan fingerprint density at radius 2 is 1.59 bits per heavy atom. The van der Waals surface area contributed by atoms with E-state index in [1.807, 2.05) is 43.0 Å². The highest BCUT2D eigenvalue weighted by Gasteiger charge is 2.33. The molecule has 0 saturated carbocycles. The number of hydrogen-bond donors (Lipinski definition) is 4. The van der Waals surface area contributed by atoms with E-state index in [9.17, 15) is 24.3 Å². The first-order valence-corrected chi connectivity index (χ1v) is 18.3. The van der Waals surface area contributed by atoms with Gasteiger partial charge in [-0.15, -0.1) is 0 Å². The van der Waals surface area contributed by atoms with Crippen molar-refractivity contribution in [2.45, 2.75) is 112 Å². The van der Waals surface area contributed by atoms with Gasteiger partial charge in [0.25, 0.3) is 5.91 Å². The van der Waals surface area contributed by atoms with Gasteiger partial charge in [0.1, 0.15) is 5.60 Å². The fourth-order valence-electron chi connectivity index (χ4n) is 6.16. The van der Waals surface area contributed by atoms with Gasteiger partial charge in [0.05, 0.1) is 12.1 Å². The summed E-state index contributed by atoms with van der Waals surface area (Å²) in [5.41, 5.74) is 0.873. The average Bonchev–Trinajstić information content (AvgIpc) is 3.02. The lowest BCUT2D eigenvalue weighted by atomic mass is 9.82. The summed E-state index contributed by atoms with van der Waals surface area (Å²) in [5.74, 6) is -0.554. The highest BCUT2D eigenvalue weighted by Crippen LogP contribution is 2.25. The van der Waals surface area contributed by atoms with Crippen LogP contribution in [0.25, 0.3) is 0 Å². The molecule has 2 rings (SSSR count). The largest absolute Gasteiger partial charge is 0.444 e. The summed E-state index contributed by atoms with van der Waals surface area (Å²) in [7, 11) is 0. The van der Waals surface area contributed by atoms with Gasteiger partial charge in [0.2, 0.25) is 11.8 Å². The number of nitrogens with one attached hydrogen (secondary N) is 3. The highest BCUT2D eigenvalue weighted by atomic mass is 16.6. The van der Waals surface area contributed by atoms with E-state index in [1.165, 1.54) is 0 Å². The Morgan fingerprint density at radius 3 is 2.16 bits per heavy atom. The maximum atomic E-state index is 13.6. The molecule has 49 heavy (non-hydrogen) atoms. The maximum Gasteiger partial charge on any atom is 0.407 e. The summed E-state index contributed by atoms with van der Waals surface area (Å²) in [6, 6.07) is 6.95. The first-order chi connectivity index (χ1) is 23.0. The number of hydrogen-bond acceptors (Lipinski definition) is 7. The number of alkyl carbamates (subject to hydrolysis) is 1. The van der Waals surface area contributed by atoms with Gasteiger partial charge in [-0.3, -0.25) is 19.3 Å². The Bertz CT molecular complexity index is 1190. The molecule has 4 atom stereocenters. The number of aliphatic hydroxyl groups is 1. The molecular weight excluding hydrogens is 622 g/mol. The summed E-state index contributed by atoms with van der Waals surface area (Å²) in [4.78, 5) is 55.5. The fraction of sp³-hybridized carbons (Fsp3) is 0.737. The highest BCUT2D eigenvalue weighted by molar-refractivity contribution is 5.95. The minimum atomic E-state index is -1.01. The lowest BCUT2D eigenvalue weighted by Crippen LogP contribution is -2.49. The topological polar surface area (TPSA) is 140 Å². The third-order valence-corrected chi connectivity index (χ3v) is 9.43. The molecule has 1 aromatic carbocycles. The number of amides is 4. The Kier molecular flexibility index (Phi) is 17.6. The summed E-state index contributed by atoms with van der Waals surface area (Å²) in [6.07, 6.45) is 1.50. The predicted molar refractivity (Wildman–Crippen MR) is 194 cm³/mol. The van der Waals surface area contributed by atoms with Crippen molar-refractivity contribution >= 4 is 23.8 Å². The van der Waals surface area contributed by atoms with Crippen molar-refractivity contribution in [3.8, 4) is 0 Å². The molecule has 1 saturated heterocycles. The quantitative estimate of drug-likeness (QED) is 0.165. The van der Waals surface area contributed by atoms with Crippen LogP contribution in [0.15, 0.2) is 24.3 Å². The van der Waals surface area contributed by atoms with Crippen molar-refractivity contribution in [2.24, 2.45) is 23.7 Å². The maximum absolute atomic E-state index is 13.6. The van der Waals surface area contributed by atoms with E-state index < -0.39 is 29.8 Å². The number of aliphatic hydroxyl groups excluding tert-OH is 1. The van der Waals surface area contributed by atoms with Crippen LogP contribution in [0, 0.1) is 23.7 Å². The zero-order valence-corrected chi connectivity index (χ0v) is 31.6. The first kappa shape index (κ1) is 42.0. The molecular formula is C38H65N5O6. The van der Waals surface area contributed by atoms with Crippen LogP contribution in [0.3, 0.4) is 0 Å². The molecule has 1 aliphatic rings. The van der Waals surface area contributed by atoms with Crippen LogP contribution >= 0.6 is 0 Å². The second-order valence-corrected chi connectivity index (χ2v) is 15.3. The van der Waals surface area contributed by atoms with Crippen molar-refractivity contribution in [2.75, 3.05) is 45.8 Å². The second-order valence-electron chi connectivity index (χ2n) is 15.3. The standard InChI is InChI=1S/C38H65N5O6/c1-10-11-17-39-36(47)32(27(4)5)24-34(45)33(41-37(48)49-38(7,8)9)23-30(26(2)3)25-40-35(46)31-15-13-12-14-29(31)16-18-42-19-21-43(22-20-42)28(6)44/h12-15,26-27,30,32-34,45H,10-11,16-25H2,1-9H3,(H,39,47)(H,40,46)(H,41,48). The molecule has 4 unspecified atom stereocenters. The molecule has 1 heterocycles. The van der Waals surface area contributed by atoms with E-state index >= 15 is 0 Å². The zero-order valence-electron chi connectivity index (χ0n) is 31.6. The molecule has 11 heteroatoms. The number of carbonyl (C=O) groups excluding carboxylic acids is 4. The molecule has 11 nitrogen and oxygen atoms in total. The van der Waals surface area contributed by atoms with E-state index in [-0.39, 0.29) is 41.9 Å². The van der Waals surface area contributed by atoms with Crippen LogP contribution in [-0.4, -0.2) is 102 Å². The van der Waals surface area contributed by atoms with E-state index in [2.05, 4.69) is 41.6 Å². The van der Waals surface area contributed by atoms with Gasteiger partial charge >= 0.3 is 6.09 Å². The van der Waals surface area contributed by atoms with Gasteiger partial charge in [-0.05, 0) is 75.8 Å². The summed E-state index contributed by atoms with van der Waals surface area (Å²) < 4.78 is 5.55. The molecule has 1 fully saturated rings. The lowest BCUT2D eigenvalue weighted by molar-refractivity contribution is -0.130. The number of nitrogens with zero attached hydrogens (tertiary/aromatic N) is 2. The molecule has 4 amide bonds. The minimum Gasteiger partial charge on any atom is -0.444 e. The van der Waals surface area contributed by atoms with E-state index in [0.29, 0.717) is 31.5 Å². The zero-order chi connectivity index (χ0) is 36.7. The number of carbonyl (C=O) groups is 4. The average molecular weight is 688 g/mol. The van der Waals surface area contributed by atoms with Crippen LogP contribution in [0.4, 0.5) is 4.79 Å². The van der Waals surface area contributed by atoms with Crippen molar-refractivity contribution in [3.63, 3.8) is 0 Å². The number of rotatable bonds is 18. The van der Waals surface area contributed by atoms with Crippen molar-refractivity contribution in [3.05, 3.63) is 35.4 Å². The van der Waals surface area contributed by atoms with Crippen LogP contribution in [-0.2, 0) is 20.7 Å². The van der Waals surface area contributed by atoms with E-state index in [0.717, 1.165) is 51.1 Å². The van der Waals surface area contributed by atoms with Gasteiger partial charge in [-0.2, -0.15) is 0 Å². The fourth-order valence-corrected chi connectivity index (χ4v) is 6.16. The third kappa shape index (κ3) is 15.1. The Hall–Kier alpha value is -3.18. The molecule has 0 spiro atoms. The SMILES string of the molecule is CCCCNC(=O)C(CC(O)C(CC(CNC(=O)c1ccccc1CCN1CCN(C(C)=O)CC1)C(C)C)NC(=O)OC(C)(C)C)C(C)C. The molecule has 0 bridgehead atoms. The van der Waals surface area contributed by atoms with Gasteiger partial charge in [-0.25, -0.2) is 4.79 Å². The predicted octanol–water partition coefficient (Wildman–Crippen LogP) is 4.62. The first-order valence-electron chi connectivity index (χ1n) is 18.3. The monoisotopic (exact) mass is 687 g/mol.